The van der Waals surface area contributed by atoms with E-state index in [1.807, 2.05) is 0 Å². The standard InChI is InChI=1S/C9H7Cl2NO4/c1-5(13)16-4-6-7(10)2-3-8(9(6)11)12(14)15/h2-3H,4H2,1H3. The van der Waals surface area contributed by atoms with E-state index < -0.39 is 10.9 Å². The SMILES string of the molecule is CC(=O)OCc1c(Cl)ccc([N+](=O)[O-])c1Cl. The van der Waals surface area contributed by atoms with E-state index in [1.54, 1.807) is 0 Å². The van der Waals surface area contributed by atoms with Gasteiger partial charge in [-0.05, 0) is 6.07 Å². The molecular weight excluding hydrogens is 257 g/mol. The summed E-state index contributed by atoms with van der Waals surface area (Å²) in [7, 11) is 0. The van der Waals surface area contributed by atoms with Gasteiger partial charge in [-0.1, -0.05) is 23.2 Å². The highest BCUT2D eigenvalue weighted by Crippen LogP contribution is 2.33. The number of nitrogens with zero attached hydrogens (tertiary/aromatic N) is 1. The number of carbonyl (C=O) groups is 1. The monoisotopic (exact) mass is 263 g/mol. The van der Waals surface area contributed by atoms with Crippen molar-refractivity contribution in [2.75, 3.05) is 0 Å². The maximum atomic E-state index is 10.6. The first-order valence-corrected chi connectivity index (χ1v) is 4.93. The Bertz CT molecular complexity index is 447. The van der Waals surface area contributed by atoms with Crippen LogP contribution in [0.15, 0.2) is 12.1 Å². The van der Waals surface area contributed by atoms with Crippen molar-refractivity contribution >= 4 is 34.9 Å². The van der Waals surface area contributed by atoms with Crippen LogP contribution in [0.1, 0.15) is 12.5 Å². The third kappa shape index (κ3) is 2.84. The van der Waals surface area contributed by atoms with Crippen LogP contribution in [0.5, 0.6) is 0 Å². The molecule has 0 saturated carbocycles. The molecule has 0 bridgehead atoms. The molecular formula is C9H7Cl2NO4. The Hall–Kier alpha value is -1.33. The van der Waals surface area contributed by atoms with Crippen LogP contribution in [0.25, 0.3) is 0 Å². The second-order valence-electron chi connectivity index (χ2n) is 2.90. The molecule has 1 aromatic carbocycles. The van der Waals surface area contributed by atoms with Crippen molar-refractivity contribution in [3.63, 3.8) is 0 Å². The third-order valence-electron chi connectivity index (χ3n) is 1.78. The van der Waals surface area contributed by atoms with E-state index >= 15 is 0 Å². The lowest BCUT2D eigenvalue weighted by molar-refractivity contribution is -0.384. The molecule has 1 aromatic rings. The zero-order valence-electron chi connectivity index (χ0n) is 8.20. The van der Waals surface area contributed by atoms with Crippen LogP contribution in [0, 0.1) is 10.1 Å². The fourth-order valence-corrected chi connectivity index (χ4v) is 1.58. The van der Waals surface area contributed by atoms with Gasteiger partial charge in [0.1, 0.15) is 11.6 Å². The van der Waals surface area contributed by atoms with Gasteiger partial charge in [-0.15, -0.1) is 0 Å². The highest BCUT2D eigenvalue weighted by atomic mass is 35.5. The van der Waals surface area contributed by atoms with Gasteiger partial charge in [0.05, 0.1) is 4.92 Å². The molecule has 0 aliphatic rings. The summed E-state index contributed by atoms with van der Waals surface area (Å²) >= 11 is 11.6. The number of hydrogen-bond donors (Lipinski definition) is 0. The van der Waals surface area contributed by atoms with Crippen molar-refractivity contribution in [3.8, 4) is 0 Å². The molecule has 86 valence electrons. The van der Waals surface area contributed by atoms with Gasteiger partial charge in [-0.25, -0.2) is 0 Å². The van der Waals surface area contributed by atoms with Gasteiger partial charge in [0.25, 0.3) is 5.69 Å². The zero-order valence-corrected chi connectivity index (χ0v) is 9.71. The molecule has 0 fully saturated rings. The van der Waals surface area contributed by atoms with E-state index in [1.165, 1.54) is 19.1 Å². The topological polar surface area (TPSA) is 69.4 Å². The lowest BCUT2D eigenvalue weighted by atomic mass is 10.2. The van der Waals surface area contributed by atoms with Crippen LogP contribution in [-0.4, -0.2) is 10.9 Å². The van der Waals surface area contributed by atoms with Crippen molar-refractivity contribution in [1.29, 1.82) is 0 Å². The summed E-state index contributed by atoms with van der Waals surface area (Å²) in [4.78, 5) is 20.6. The van der Waals surface area contributed by atoms with Crippen LogP contribution in [0.4, 0.5) is 5.69 Å². The predicted molar refractivity (Wildman–Crippen MR) is 58.6 cm³/mol. The van der Waals surface area contributed by atoms with E-state index in [0.29, 0.717) is 0 Å². The maximum Gasteiger partial charge on any atom is 0.302 e. The molecule has 0 aromatic heterocycles. The number of carbonyl (C=O) groups excluding carboxylic acids is 1. The molecule has 0 aliphatic carbocycles. The van der Waals surface area contributed by atoms with Gasteiger partial charge < -0.3 is 4.74 Å². The molecule has 5 nitrogen and oxygen atoms in total. The first-order valence-electron chi connectivity index (χ1n) is 4.18. The van der Waals surface area contributed by atoms with Crippen LogP contribution >= 0.6 is 23.2 Å². The van der Waals surface area contributed by atoms with Crippen molar-refractivity contribution in [3.05, 3.63) is 37.9 Å². The van der Waals surface area contributed by atoms with Gasteiger partial charge in [0.2, 0.25) is 0 Å². The number of rotatable bonds is 3. The fourth-order valence-electron chi connectivity index (χ4n) is 1.03. The summed E-state index contributed by atoms with van der Waals surface area (Å²) in [5.41, 5.74) is -0.0408. The van der Waals surface area contributed by atoms with Crippen molar-refractivity contribution < 1.29 is 14.5 Å². The van der Waals surface area contributed by atoms with E-state index in [2.05, 4.69) is 0 Å². The smallest absolute Gasteiger partial charge is 0.302 e. The number of ether oxygens (including phenoxy) is 1. The molecule has 16 heavy (non-hydrogen) atoms. The minimum atomic E-state index is -0.629. The molecule has 0 spiro atoms. The first kappa shape index (κ1) is 12.7. The van der Waals surface area contributed by atoms with E-state index in [-0.39, 0.29) is 27.9 Å². The number of esters is 1. The quantitative estimate of drug-likeness (QED) is 0.478. The fraction of sp³-hybridized carbons (Fsp3) is 0.222. The molecule has 0 unspecified atom stereocenters. The number of benzene rings is 1. The van der Waals surface area contributed by atoms with Crippen molar-refractivity contribution in [2.45, 2.75) is 13.5 Å². The predicted octanol–water partition coefficient (Wildman–Crippen LogP) is 2.96. The number of nitro benzene ring substituents is 1. The Morgan fingerprint density at radius 2 is 2.12 bits per heavy atom. The summed E-state index contributed by atoms with van der Waals surface area (Å²) in [6.45, 7) is 1.04. The van der Waals surface area contributed by atoms with Crippen LogP contribution < -0.4 is 0 Å². The molecule has 0 saturated heterocycles. The lowest BCUT2D eigenvalue weighted by Gasteiger charge is -2.07. The van der Waals surface area contributed by atoms with Crippen LogP contribution in [0.3, 0.4) is 0 Å². The minimum Gasteiger partial charge on any atom is -0.461 e. The van der Waals surface area contributed by atoms with E-state index in [0.717, 1.165) is 0 Å². The summed E-state index contributed by atoms with van der Waals surface area (Å²) < 4.78 is 4.69. The van der Waals surface area contributed by atoms with E-state index in [4.69, 9.17) is 27.9 Å². The Kier molecular flexibility index (Phi) is 4.09. The van der Waals surface area contributed by atoms with Crippen LogP contribution in [-0.2, 0) is 16.1 Å². The Labute approximate surface area is 101 Å². The molecule has 7 heteroatoms. The molecule has 1 rings (SSSR count). The molecule has 0 amide bonds. The average molecular weight is 264 g/mol. The van der Waals surface area contributed by atoms with Crippen LogP contribution in [0.2, 0.25) is 10.0 Å². The summed E-state index contributed by atoms with van der Waals surface area (Å²) in [6, 6.07) is 2.53. The highest BCUT2D eigenvalue weighted by molar-refractivity contribution is 6.37. The van der Waals surface area contributed by atoms with Crippen molar-refractivity contribution in [1.82, 2.24) is 0 Å². The second-order valence-corrected chi connectivity index (χ2v) is 3.68. The van der Waals surface area contributed by atoms with Crippen molar-refractivity contribution in [2.24, 2.45) is 0 Å². The summed E-state index contributed by atoms with van der Waals surface area (Å²) in [6.07, 6.45) is 0. The normalized spacial score (nSPS) is 9.94. The Morgan fingerprint density at radius 1 is 1.50 bits per heavy atom. The van der Waals surface area contributed by atoms with Gasteiger partial charge >= 0.3 is 5.97 Å². The molecule has 0 radical (unpaired) electrons. The molecule has 0 N–H and O–H groups in total. The zero-order chi connectivity index (χ0) is 12.3. The van der Waals surface area contributed by atoms with Gasteiger partial charge in [0.15, 0.2) is 0 Å². The van der Waals surface area contributed by atoms with E-state index in [9.17, 15) is 14.9 Å². The number of halogens is 2. The minimum absolute atomic E-state index is 0.112. The largest absolute Gasteiger partial charge is 0.461 e. The summed E-state index contributed by atoms with van der Waals surface area (Å²) in [5, 5.41) is 10.7. The van der Waals surface area contributed by atoms with Gasteiger partial charge in [0, 0.05) is 23.6 Å². The second kappa shape index (κ2) is 5.14. The molecule has 0 atom stereocenters. The average Bonchev–Trinajstić information content (AvgIpc) is 2.16. The number of hydrogen-bond acceptors (Lipinski definition) is 4. The van der Waals surface area contributed by atoms with Gasteiger partial charge in [-0.3, -0.25) is 14.9 Å². The summed E-state index contributed by atoms with van der Waals surface area (Å²) in [5.74, 6) is -0.515. The molecule has 0 heterocycles. The Morgan fingerprint density at radius 3 is 2.62 bits per heavy atom. The highest BCUT2D eigenvalue weighted by Gasteiger charge is 2.19. The maximum absolute atomic E-state index is 10.6. The van der Waals surface area contributed by atoms with Gasteiger partial charge in [-0.2, -0.15) is 0 Å². The third-order valence-corrected chi connectivity index (χ3v) is 2.56. The number of nitro groups is 1. The first-order chi connectivity index (χ1) is 7.43. The Balaban J connectivity index is 3.11. The molecule has 0 aliphatic heterocycles. The lowest BCUT2D eigenvalue weighted by Crippen LogP contribution is -2.01.